The summed E-state index contributed by atoms with van der Waals surface area (Å²) in [4.78, 5) is 24.1. The average molecular weight is 394 g/mol. The van der Waals surface area contributed by atoms with E-state index in [2.05, 4.69) is 10.6 Å². The molecule has 4 N–H and O–H groups in total. The lowest BCUT2D eigenvalue weighted by molar-refractivity contribution is -0.118. The van der Waals surface area contributed by atoms with E-state index in [0.29, 0.717) is 23.5 Å². The molecular weight excluding hydrogens is 370 g/mol. The van der Waals surface area contributed by atoms with Gasteiger partial charge in [-0.05, 0) is 55.5 Å². The minimum Gasteiger partial charge on any atom is -0.494 e. The Bertz CT molecular complexity index is 736. The maximum atomic E-state index is 12.3. The SMILES string of the molecule is CCOc1ccc(NC(=O)c2ccc(NC(=O)C(N)COC)cc2)cc1.Cl. The minimum absolute atomic E-state index is 0. The molecule has 2 aromatic carbocycles. The molecule has 1 atom stereocenters. The molecule has 7 nitrogen and oxygen atoms in total. The predicted octanol–water partition coefficient (Wildman–Crippen LogP) is 2.67. The number of halogens is 1. The van der Waals surface area contributed by atoms with E-state index in [0.717, 1.165) is 5.75 Å². The van der Waals surface area contributed by atoms with Crippen LogP contribution in [0.1, 0.15) is 17.3 Å². The molecule has 1 unspecified atom stereocenters. The summed E-state index contributed by atoms with van der Waals surface area (Å²) in [6.07, 6.45) is 0. The number of hydrogen-bond acceptors (Lipinski definition) is 5. The molecule has 0 fully saturated rings. The van der Waals surface area contributed by atoms with Crippen molar-refractivity contribution < 1.29 is 19.1 Å². The Balaban J connectivity index is 0.00000364. The fourth-order valence-electron chi connectivity index (χ4n) is 2.20. The maximum Gasteiger partial charge on any atom is 0.255 e. The average Bonchev–Trinajstić information content (AvgIpc) is 2.64. The van der Waals surface area contributed by atoms with Gasteiger partial charge in [-0.2, -0.15) is 0 Å². The summed E-state index contributed by atoms with van der Waals surface area (Å²) in [5.74, 6) is 0.152. The van der Waals surface area contributed by atoms with Crippen LogP contribution in [0.25, 0.3) is 0 Å². The zero-order valence-electron chi connectivity index (χ0n) is 15.2. The molecule has 2 amide bonds. The molecule has 8 heteroatoms. The van der Waals surface area contributed by atoms with Gasteiger partial charge in [0, 0.05) is 24.0 Å². The Morgan fingerprint density at radius 1 is 1.00 bits per heavy atom. The molecule has 0 spiro atoms. The molecule has 0 saturated heterocycles. The van der Waals surface area contributed by atoms with E-state index < -0.39 is 6.04 Å². The lowest BCUT2D eigenvalue weighted by Crippen LogP contribution is -2.39. The lowest BCUT2D eigenvalue weighted by atomic mass is 10.1. The first-order valence-corrected chi connectivity index (χ1v) is 8.23. The summed E-state index contributed by atoms with van der Waals surface area (Å²) in [5.41, 5.74) is 7.35. The van der Waals surface area contributed by atoms with Crippen molar-refractivity contribution >= 4 is 35.6 Å². The van der Waals surface area contributed by atoms with E-state index in [-0.39, 0.29) is 30.8 Å². The van der Waals surface area contributed by atoms with Crippen molar-refractivity contribution in [3.05, 3.63) is 54.1 Å². The highest BCUT2D eigenvalue weighted by molar-refractivity contribution is 6.04. The molecule has 2 rings (SSSR count). The second kappa shape index (κ2) is 11.2. The van der Waals surface area contributed by atoms with Crippen molar-refractivity contribution in [3.8, 4) is 5.75 Å². The fraction of sp³-hybridized carbons (Fsp3) is 0.263. The second-order valence-electron chi connectivity index (χ2n) is 5.54. The van der Waals surface area contributed by atoms with Crippen LogP contribution >= 0.6 is 12.4 Å². The van der Waals surface area contributed by atoms with Gasteiger partial charge in [0.15, 0.2) is 0 Å². The summed E-state index contributed by atoms with van der Waals surface area (Å²) in [6.45, 7) is 2.63. The number of amides is 2. The summed E-state index contributed by atoms with van der Waals surface area (Å²) in [6, 6.07) is 12.9. The molecule has 0 saturated carbocycles. The van der Waals surface area contributed by atoms with E-state index in [1.165, 1.54) is 7.11 Å². The second-order valence-corrected chi connectivity index (χ2v) is 5.54. The fourth-order valence-corrected chi connectivity index (χ4v) is 2.20. The molecule has 0 aliphatic heterocycles. The molecule has 0 aliphatic rings. The number of ether oxygens (including phenoxy) is 2. The molecule has 146 valence electrons. The number of carbonyl (C=O) groups is 2. The van der Waals surface area contributed by atoms with Gasteiger partial charge in [0.25, 0.3) is 5.91 Å². The quantitative estimate of drug-likeness (QED) is 0.639. The highest BCUT2D eigenvalue weighted by atomic mass is 35.5. The van der Waals surface area contributed by atoms with Crippen LogP contribution in [0, 0.1) is 0 Å². The molecular formula is C19H24ClN3O4. The van der Waals surface area contributed by atoms with E-state index in [9.17, 15) is 9.59 Å². The van der Waals surface area contributed by atoms with Crippen LogP contribution < -0.4 is 21.1 Å². The van der Waals surface area contributed by atoms with Crippen molar-refractivity contribution in [3.63, 3.8) is 0 Å². The van der Waals surface area contributed by atoms with Gasteiger partial charge in [-0.25, -0.2) is 0 Å². The van der Waals surface area contributed by atoms with Crippen LogP contribution in [0.5, 0.6) is 5.75 Å². The topological polar surface area (TPSA) is 103 Å². The minimum atomic E-state index is -0.748. The van der Waals surface area contributed by atoms with E-state index in [4.69, 9.17) is 15.2 Å². The monoisotopic (exact) mass is 393 g/mol. The number of carbonyl (C=O) groups excluding carboxylic acids is 2. The number of methoxy groups -OCH3 is 1. The first-order chi connectivity index (χ1) is 12.5. The Labute approximate surface area is 164 Å². The smallest absolute Gasteiger partial charge is 0.255 e. The number of anilines is 2. The molecule has 0 aromatic heterocycles. The van der Waals surface area contributed by atoms with Crippen LogP contribution in [0.3, 0.4) is 0 Å². The summed E-state index contributed by atoms with van der Waals surface area (Å²) >= 11 is 0. The third-order valence-corrected chi connectivity index (χ3v) is 3.52. The number of nitrogens with one attached hydrogen (secondary N) is 2. The van der Waals surface area contributed by atoms with Crippen LogP contribution in [0.15, 0.2) is 48.5 Å². The van der Waals surface area contributed by atoms with Crippen molar-refractivity contribution in [1.82, 2.24) is 0 Å². The van der Waals surface area contributed by atoms with E-state index >= 15 is 0 Å². The number of nitrogens with two attached hydrogens (primary N) is 1. The van der Waals surface area contributed by atoms with Gasteiger partial charge in [0.05, 0.1) is 13.2 Å². The van der Waals surface area contributed by atoms with Gasteiger partial charge >= 0.3 is 0 Å². The van der Waals surface area contributed by atoms with Crippen LogP contribution in [0.2, 0.25) is 0 Å². The molecule has 0 heterocycles. The zero-order chi connectivity index (χ0) is 18.9. The zero-order valence-corrected chi connectivity index (χ0v) is 16.0. The Kier molecular flexibility index (Phi) is 9.29. The summed E-state index contributed by atoms with van der Waals surface area (Å²) in [5, 5.41) is 5.48. The molecule has 27 heavy (non-hydrogen) atoms. The third kappa shape index (κ3) is 6.90. The van der Waals surface area contributed by atoms with Gasteiger partial charge < -0.3 is 25.8 Å². The largest absolute Gasteiger partial charge is 0.494 e. The summed E-state index contributed by atoms with van der Waals surface area (Å²) in [7, 11) is 1.48. The molecule has 0 radical (unpaired) electrons. The van der Waals surface area contributed by atoms with Gasteiger partial charge in [-0.1, -0.05) is 0 Å². The van der Waals surface area contributed by atoms with Gasteiger partial charge in [-0.15, -0.1) is 12.4 Å². The van der Waals surface area contributed by atoms with Crippen molar-refractivity contribution in [1.29, 1.82) is 0 Å². The first-order valence-electron chi connectivity index (χ1n) is 8.23. The summed E-state index contributed by atoms with van der Waals surface area (Å²) < 4.78 is 10.2. The number of benzene rings is 2. The van der Waals surface area contributed by atoms with Crippen molar-refractivity contribution in [2.75, 3.05) is 31.0 Å². The standard InChI is InChI=1S/C19H23N3O4.ClH/c1-3-26-16-10-8-15(9-11-16)21-18(23)13-4-6-14(7-5-13)22-19(24)17(20)12-25-2;/h4-11,17H,3,12,20H2,1-2H3,(H,21,23)(H,22,24);1H. The van der Waals surface area contributed by atoms with Crippen molar-refractivity contribution in [2.45, 2.75) is 13.0 Å². The van der Waals surface area contributed by atoms with E-state index in [1.807, 2.05) is 6.92 Å². The number of hydrogen-bond donors (Lipinski definition) is 3. The number of rotatable bonds is 8. The van der Waals surface area contributed by atoms with Gasteiger partial charge in [0.1, 0.15) is 11.8 Å². The lowest BCUT2D eigenvalue weighted by Gasteiger charge is -2.11. The van der Waals surface area contributed by atoms with Crippen LogP contribution in [-0.4, -0.2) is 38.2 Å². The molecule has 0 aliphatic carbocycles. The Hall–Kier alpha value is -2.61. The van der Waals surface area contributed by atoms with E-state index in [1.54, 1.807) is 48.5 Å². The maximum absolute atomic E-state index is 12.3. The molecule has 2 aromatic rings. The van der Waals surface area contributed by atoms with Gasteiger partial charge in [0.2, 0.25) is 5.91 Å². The first kappa shape index (κ1) is 22.4. The highest BCUT2D eigenvalue weighted by Gasteiger charge is 2.13. The highest BCUT2D eigenvalue weighted by Crippen LogP contribution is 2.17. The Morgan fingerprint density at radius 3 is 2.11 bits per heavy atom. The molecule has 0 bridgehead atoms. The predicted molar refractivity (Wildman–Crippen MR) is 108 cm³/mol. The Morgan fingerprint density at radius 2 is 1.56 bits per heavy atom. The normalized spacial score (nSPS) is 11.1. The third-order valence-electron chi connectivity index (χ3n) is 3.52. The van der Waals surface area contributed by atoms with Crippen LogP contribution in [-0.2, 0) is 9.53 Å². The van der Waals surface area contributed by atoms with Gasteiger partial charge in [-0.3, -0.25) is 9.59 Å². The van der Waals surface area contributed by atoms with Crippen molar-refractivity contribution in [2.24, 2.45) is 5.73 Å². The van der Waals surface area contributed by atoms with Crippen LogP contribution in [0.4, 0.5) is 11.4 Å².